The number of aromatic nitrogens is 3. The lowest BCUT2D eigenvalue weighted by atomic mass is 9.96. The van der Waals surface area contributed by atoms with Crippen molar-refractivity contribution in [2.75, 3.05) is 11.9 Å². The fraction of sp³-hybridized carbons (Fsp3) is 0.200. The number of anilines is 2. The number of hydrogen-bond acceptors (Lipinski definition) is 4. The molecule has 1 aromatic heterocycles. The lowest BCUT2D eigenvalue weighted by molar-refractivity contribution is 0.176. The van der Waals surface area contributed by atoms with Gasteiger partial charge in [0.1, 0.15) is 11.6 Å². The summed E-state index contributed by atoms with van der Waals surface area (Å²) >= 11 is 0. The van der Waals surface area contributed by atoms with Crippen LogP contribution in [0.4, 0.5) is 16.0 Å². The summed E-state index contributed by atoms with van der Waals surface area (Å²) in [5, 5.41) is 12.0. The van der Waals surface area contributed by atoms with Crippen molar-refractivity contribution in [2.45, 2.75) is 26.1 Å². The lowest BCUT2D eigenvalue weighted by Crippen LogP contribution is -2.37. The van der Waals surface area contributed by atoms with E-state index in [1.54, 1.807) is 0 Å². The molecule has 0 saturated heterocycles. The first-order chi connectivity index (χ1) is 15.2. The van der Waals surface area contributed by atoms with Gasteiger partial charge in [-0.1, -0.05) is 60.7 Å². The van der Waals surface area contributed by atoms with Crippen molar-refractivity contribution in [2.24, 2.45) is 0 Å². The van der Waals surface area contributed by atoms with Gasteiger partial charge >= 0.3 is 0 Å². The minimum absolute atomic E-state index is 0.148. The molecule has 31 heavy (non-hydrogen) atoms. The molecule has 0 saturated carbocycles. The minimum Gasteiger partial charge on any atom is -0.324 e. The summed E-state index contributed by atoms with van der Waals surface area (Å²) in [5.41, 5.74) is 4.06. The molecule has 1 aliphatic heterocycles. The summed E-state index contributed by atoms with van der Waals surface area (Å²) < 4.78 is 15.9. The maximum Gasteiger partial charge on any atom is 0.229 e. The molecule has 0 aliphatic carbocycles. The molecule has 4 aromatic rings. The second-order valence-corrected chi connectivity index (χ2v) is 7.93. The van der Waals surface area contributed by atoms with Crippen molar-refractivity contribution < 1.29 is 4.39 Å². The zero-order valence-electron chi connectivity index (χ0n) is 17.4. The van der Waals surface area contributed by atoms with Crippen molar-refractivity contribution in [1.82, 2.24) is 19.7 Å². The minimum atomic E-state index is -0.263. The van der Waals surface area contributed by atoms with Crippen LogP contribution < -0.4 is 5.32 Å². The van der Waals surface area contributed by atoms with Crippen molar-refractivity contribution in [3.63, 3.8) is 0 Å². The second kappa shape index (κ2) is 8.32. The molecule has 0 bridgehead atoms. The summed E-state index contributed by atoms with van der Waals surface area (Å²) in [6, 6.07) is 26.2. The maximum atomic E-state index is 13.8. The molecule has 0 unspecified atom stereocenters. The van der Waals surface area contributed by atoms with E-state index in [1.807, 2.05) is 25.1 Å². The van der Waals surface area contributed by atoms with Gasteiger partial charge in [0.05, 0.1) is 12.6 Å². The Balaban J connectivity index is 1.42. The highest BCUT2D eigenvalue weighted by Crippen LogP contribution is 2.32. The van der Waals surface area contributed by atoms with E-state index in [4.69, 9.17) is 0 Å². The van der Waals surface area contributed by atoms with Crippen LogP contribution in [0, 0.1) is 12.7 Å². The van der Waals surface area contributed by atoms with Gasteiger partial charge in [-0.25, -0.2) is 4.39 Å². The molecule has 0 spiro atoms. The molecular formula is C25H24FN5. The summed E-state index contributed by atoms with van der Waals surface area (Å²) in [6.07, 6.45) is 0. The number of hydrogen-bond donors (Lipinski definition) is 1. The fourth-order valence-corrected chi connectivity index (χ4v) is 4.31. The van der Waals surface area contributed by atoms with Gasteiger partial charge < -0.3 is 5.32 Å². The van der Waals surface area contributed by atoms with E-state index in [-0.39, 0.29) is 11.9 Å². The largest absolute Gasteiger partial charge is 0.324 e. The molecule has 5 nitrogen and oxygen atoms in total. The molecule has 1 aliphatic rings. The number of halogens is 1. The molecule has 0 amide bonds. The van der Waals surface area contributed by atoms with Crippen molar-refractivity contribution in [3.8, 4) is 0 Å². The highest BCUT2D eigenvalue weighted by Gasteiger charge is 2.28. The summed E-state index contributed by atoms with van der Waals surface area (Å²) in [7, 11) is 0. The summed E-state index contributed by atoms with van der Waals surface area (Å²) in [5.74, 6) is 1.29. The SMILES string of the molecule is Cc1cc(F)cc(Nc2nnc3n2CCN(C(c2ccccc2)c2ccccc2)C3)c1. The Labute approximate surface area is 181 Å². The molecule has 2 heterocycles. The standard InChI is InChI=1S/C25H24FN5/c1-18-14-21(26)16-22(15-18)27-25-29-28-23-17-30(12-13-31(23)25)24(19-8-4-2-5-9-19)20-10-6-3-7-11-20/h2-11,14-16,24H,12-13,17H2,1H3,(H,27,29). The van der Waals surface area contributed by atoms with E-state index in [9.17, 15) is 4.39 Å². The van der Waals surface area contributed by atoms with E-state index in [0.717, 1.165) is 24.5 Å². The quantitative estimate of drug-likeness (QED) is 0.496. The first kappa shape index (κ1) is 19.5. The number of rotatable bonds is 5. The van der Waals surface area contributed by atoms with Gasteiger partial charge in [-0.15, -0.1) is 10.2 Å². The van der Waals surface area contributed by atoms with Gasteiger partial charge in [-0.05, 0) is 41.8 Å². The van der Waals surface area contributed by atoms with Crippen LogP contribution in [0.5, 0.6) is 0 Å². The molecule has 1 N–H and O–H groups in total. The van der Waals surface area contributed by atoms with Crippen molar-refractivity contribution in [1.29, 1.82) is 0 Å². The molecular weight excluding hydrogens is 389 g/mol. The van der Waals surface area contributed by atoms with Crippen molar-refractivity contribution in [3.05, 3.63) is 107 Å². The average molecular weight is 414 g/mol. The van der Waals surface area contributed by atoms with Crippen LogP contribution in [-0.4, -0.2) is 26.2 Å². The number of nitrogens with zero attached hydrogens (tertiary/aromatic N) is 4. The Hall–Kier alpha value is -3.51. The van der Waals surface area contributed by atoms with Gasteiger partial charge in [-0.2, -0.15) is 0 Å². The third kappa shape index (κ3) is 4.07. The Morgan fingerprint density at radius 1 is 0.871 bits per heavy atom. The summed E-state index contributed by atoms with van der Waals surface area (Å²) in [6.45, 7) is 4.18. The molecule has 5 rings (SSSR count). The Bertz CT molecular complexity index is 1110. The van der Waals surface area contributed by atoms with Gasteiger partial charge in [0.25, 0.3) is 0 Å². The van der Waals surface area contributed by atoms with E-state index in [1.165, 1.54) is 23.3 Å². The second-order valence-electron chi connectivity index (χ2n) is 7.93. The molecule has 3 aromatic carbocycles. The zero-order chi connectivity index (χ0) is 21.2. The van der Waals surface area contributed by atoms with E-state index < -0.39 is 0 Å². The topological polar surface area (TPSA) is 46.0 Å². The predicted molar refractivity (Wildman–Crippen MR) is 120 cm³/mol. The lowest BCUT2D eigenvalue weighted by Gasteiger charge is -2.35. The smallest absolute Gasteiger partial charge is 0.229 e. The van der Waals surface area contributed by atoms with Crippen LogP contribution in [-0.2, 0) is 13.1 Å². The molecule has 0 fully saturated rings. The van der Waals surface area contributed by atoms with Gasteiger partial charge in [0.2, 0.25) is 5.95 Å². The van der Waals surface area contributed by atoms with E-state index >= 15 is 0 Å². The Morgan fingerprint density at radius 3 is 2.19 bits per heavy atom. The number of fused-ring (bicyclic) bond motifs is 1. The molecule has 6 heteroatoms. The van der Waals surface area contributed by atoms with Gasteiger partial charge in [-0.3, -0.25) is 9.47 Å². The normalized spacial score (nSPS) is 13.9. The zero-order valence-corrected chi connectivity index (χ0v) is 17.4. The van der Waals surface area contributed by atoms with Gasteiger partial charge in [0, 0.05) is 18.8 Å². The average Bonchev–Trinajstić information content (AvgIpc) is 3.17. The predicted octanol–water partition coefficient (Wildman–Crippen LogP) is 5.07. The van der Waals surface area contributed by atoms with Crippen LogP contribution >= 0.6 is 0 Å². The van der Waals surface area contributed by atoms with Crippen LogP contribution in [0.2, 0.25) is 0 Å². The third-order valence-corrected chi connectivity index (χ3v) is 5.68. The first-order valence-electron chi connectivity index (χ1n) is 10.5. The fourth-order valence-electron chi connectivity index (χ4n) is 4.31. The highest BCUT2D eigenvalue weighted by atomic mass is 19.1. The third-order valence-electron chi connectivity index (χ3n) is 5.68. The number of nitrogens with one attached hydrogen (secondary N) is 1. The molecule has 0 radical (unpaired) electrons. The van der Waals surface area contributed by atoms with E-state index in [2.05, 4.69) is 73.5 Å². The number of benzene rings is 3. The van der Waals surface area contributed by atoms with Crippen LogP contribution in [0.3, 0.4) is 0 Å². The first-order valence-corrected chi connectivity index (χ1v) is 10.5. The Kier molecular flexibility index (Phi) is 5.22. The van der Waals surface area contributed by atoms with Gasteiger partial charge in [0.15, 0.2) is 0 Å². The molecule has 0 atom stereocenters. The number of aryl methyl sites for hydroxylation is 1. The van der Waals surface area contributed by atoms with E-state index in [0.29, 0.717) is 18.2 Å². The van der Waals surface area contributed by atoms with Crippen LogP contribution in [0.25, 0.3) is 0 Å². The van der Waals surface area contributed by atoms with Crippen LogP contribution in [0.1, 0.15) is 28.6 Å². The monoisotopic (exact) mass is 413 g/mol. The van der Waals surface area contributed by atoms with Crippen molar-refractivity contribution >= 4 is 11.6 Å². The maximum absolute atomic E-state index is 13.8. The highest BCUT2D eigenvalue weighted by molar-refractivity contribution is 5.55. The Morgan fingerprint density at radius 2 is 1.55 bits per heavy atom. The molecule has 156 valence electrons. The summed E-state index contributed by atoms with van der Waals surface area (Å²) in [4.78, 5) is 2.44. The van der Waals surface area contributed by atoms with Crippen LogP contribution in [0.15, 0.2) is 78.9 Å².